The number of rotatable bonds is 1. The normalized spacial score (nSPS) is 15.1. The van der Waals surface area contributed by atoms with Gasteiger partial charge in [-0.2, -0.15) is 0 Å². The molecule has 1 aromatic heterocycles. The number of hydrogen-bond acceptors (Lipinski definition) is 4. The minimum absolute atomic E-state index is 0.125. The maximum Gasteiger partial charge on any atom is 0.254 e. The van der Waals surface area contributed by atoms with Crippen LogP contribution in [-0.2, 0) is 13.0 Å². The second-order valence-electron chi connectivity index (χ2n) is 6.90. The van der Waals surface area contributed by atoms with E-state index in [1.807, 2.05) is 6.07 Å². The molecule has 0 atom stereocenters. The Morgan fingerprint density at radius 2 is 1.68 bits per heavy atom. The smallest absolute Gasteiger partial charge is 0.254 e. The predicted molar refractivity (Wildman–Crippen MR) is 103 cm³/mol. The molecule has 0 fully saturated rings. The first-order valence-electron chi connectivity index (χ1n) is 8.92. The Balaban J connectivity index is 1.53. The third-order valence-electron chi connectivity index (χ3n) is 5.28. The lowest BCUT2D eigenvalue weighted by Crippen LogP contribution is -2.36. The van der Waals surface area contributed by atoms with E-state index in [-0.39, 0.29) is 12.5 Å². The molecule has 1 aliphatic heterocycles. The number of amides is 1. The van der Waals surface area contributed by atoms with E-state index in [1.165, 1.54) is 0 Å². The molecule has 0 saturated heterocycles. The van der Waals surface area contributed by atoms with Gasteiger partial charge in [0, 0.05) is 33.8 Å². The van der Waals surface area contributed by atoms with Crippen molar-refractivity contribution in [3.63, 3.8) is 0 Å². The van der Waals surface area contributed by atoms with Crippen molar-refractivity contribution in [1.29, 1.82) is 0 Å². The van der Waals surface area contributed by atoms with E-state index >= 15 is 0 Å². The van der Waals surface area contributed by atoms with E-state index in [2.05, 4.69) is 0 Å². The number of carbonyl (C=O) groups is 3. The molecule has 2 aromatic carbocycles. The number of benzene rings is 2. The monoisotopic (exact) mass is 391 g/mol. The first-order chi connectivity index (χ1) is 13.5. The van der Waals surface area contributed by atoms with Gasteiger partial charge in [0.15, 0.2) is 0 Å². The minimum Gasteiger partial charge on any atom is -0.458 e. The van der Waals surface area contributed by atoms with Crippen LogP contribution < -0.4 is 0 Å². The molecule has 5 rings (SSSR count). The van der Waals surface area contributed by atoms with Gasteiger partial charge in [0.2, 0.25) is 11.6 Å². The number of furan rings is 1. The molecule has 1 amide bonds. The fourth-order valence-corrected chi connectivity index (χ4v) is 4.02. The van der Waals surface area contributed by atoms with E-state index in [1.54, 1.807) is 47.4 Å². The highest BCUT2D eigenvalue weighted by Gasteiger charge is 2.39. The van der Waals surface area contributed by atoms with Crippen LogP contribution in [-0.4, -0.2) is 28.9 Å². The zero-order valence-electron chi connectivity index (χ0n) is 14.7. The molecular weight excluding hydrogens is 378 g/mol. The van der Waals surface area contributed by atoms with Gasteiger partial charge in [0.05, 0.1) is 12.1 Å². The van der Waals surface area contributed by atoms with E-state index in [0.717, 1.165) is 5.56 Å². The summed E-state index contributed by atoms with van der Waals surface area (Å²) in [6.45, 7) is 0.705. The van der Waals surface area contributed by atoms with Crippen LogP contribution in [0.3, 0.4) is 0 Å². The maximum absolute atomic E-state index is 12.8. The summed E-state index contributed by atoms with van der Waals surface area (Å²) in [5, 5.41) is 0.568. The Morgan fingerprint density at radius 1 is 0.964 bits per heavy atom. The van der Waals surface area contributed by atoms with Crippen molar-refractivity contribution in [1.82, 2.24) is 4.90 Å². The van der Waals surface area contributed by atoms with Crippen LogP contribution in [0.25, 0.3) is 11.3 Å². The molecule has 3 aromatic rings. The zero-order chi connectivity index (χ0) is 19.4. The molecule has 5 nitrogen and oxygen atoms in total. The van der Waals surface area contributed by atoms with Gasteiger partial charge in [-0.1, -0.05) is 35.9 Å². The highest BCUT2D eigenvalue weighted by atomic mass is 35.5. The second kappa shape index (κ2) is 6.17. The van der Waals surface area contributed by atoms with E-state index in [0.29, 0.717) is 51.8 Å². The fourth-order valence-electron chi connectivity index (χ4n) is 3.90. The first kappa shape index (κ1) is 17.0. The topological polar surface area (TPSA) is 67.6 Å². The number of nitrogens with zero attached hydrogens (tertiary/aromatic N) is 1. The summed E-state index contributed by atoms with van der Waals surface area (Å²) in [4.78, 5) is 39.6. The number of Topliss-reactive ketones (excluding diaryl/α,β-unsaturated/α-hetero) is 2. The van der Waals surface area contributed by atoms with Gasteiger partial charge in [-0.15, -0.1) is 0 Å². The molecule has 0 radical (unpaired) electrons. The number of halogens is 1. The highest BCUT2D eigenvalue weighted by molar-refractivity contribution is 6.53. The molecule has 28 heavy (non-hydrogen) atoms. The van der Waals surface area contributed by atoms with Gasteiger partial charge in [-0.25, -0.2) is 0 Å². The quantitative estimate of drug-likeness (QED) is 0.584. The standard InChI is InChI=1S/C22H14ClNO4/c23-13-7-5-12(6-8-13)22(27)24-10-9-16-17(11-24)28-21-15-4-2-1-3-14(15)19(25)20(26)18(16)21/h1-8H,9-11H2. The van der Waals surface area contributed by atoms with Crippen molar-refractivity contribution >= 4 is 29.1 Å². The van der Waals surface area contributed by atoms with E-state index in [4.69, 9.17) is 16.0 Å². The van der Waals surface area contributed by atoms with Crippen LogP contribution in [0.15, 0.2) is 52.9 Å². The summed E-state index contributed by atoms with van der Waals surface area (Å²) < 4.78 is 6.02. The van der Waals surface area contributed by atoms with E-state index < -0.39 is 11.6 Å². The lowest BCUT2D eigenvalue weighted by Gasteiger charge is -2.26. The van der Waals surface area contributed by atoms with Crippen LogP contribution in [0.5, 0.6) is 0 Å². The molecule has 6 heteroatoms. The molecule has 0 spiro atoms. The van der Waals surface area contributed by atoms with Crippen molar-refractivity contribution in [2.45, 2.75) is 13.0 Å². The van der Waals surface area contributed by atoms with Crippen molar-refractivity contribution in [2.75, 3.05) is 6.54 Å². The van der Waals surface area contributed by atoms with Crippen LogP contribution >= 0.6 is 11.6 Å². The van der Waals surface area contributed by atoms with E-state index in [9.17, 15) is 14.4 Å². The van der Waals surface area contributed by atoms with Crippen LogP contribution in [0.4, 0.5) is 0 Å². The third kappa shape index (κ3) is 2.43. The van der Waals surface area contributed by atoms with Crippen molar-refractivity contribution < 1.29 is 18.8 Å². The molecule has 2 aliphatic rings. The first-order valence-corrected chi connectivity index (χ1v) is 9.30. The summed E-state index contributed by atoms with van der Waals surface area (Å²) in [7, 11) is 0. The molecule has 0 unspecified atom stereocenters. The highest BCUT2D eigenvalue weighted by Crippen LogP contribution is 2.40. The predicted octanol–water partition coefficient (Wildman–Crippen LogP) is 4.18. The Morgan fingerprint density at radius 3 is 2.43 bits per heavy atom. The Labute approximate surface area is 165 Å². The van der Waals surface area contributed by atoms with Crippen molar-refractivity contribution in [2.24, 2.45) is 0 Å². The Bertz CT molecular complexity index is 1160. The summed E-state index contributed by atoms with van der Waals surface area (Å²) in [6, 6.07) is 13.7. The van der Waals surface area contributed by atoms with Gasteiger partial charge in [0.1, 0.15) is 11.5 Å². The van der Waals surface area contributed by atoms with Gasteiger partial charge < -0.3 is 9.32 Å². The molecule has 2 heterocycles. The molecule has 0 N–H and O–H groups in total. The van der Waals surface area contributed by atoms with Crippen LogP contribution in [0.1, 0.15) is 42.4 Å². The SMILES string of the molecule is O=C1C(=O)c2c(oc3c2CCN(C(=O)c2ccc(Cl)cc2)C3)-c2ccccc21. The lowest BCUT2D eigenvalue weighted by molar-refractivity contribution is 0.0720. The number of hydrogen-bond donors (Lipinski definition) is 0. The third-order valence-corrected chi connectivity index (χ3v) is 5.54. The van der Waals surface area contributed by atoms with Gasteiger partial charge in [-0.3, -0.25) is 14.4 Å². The molecule has 1 aliphatic carbocycles. The summed E-state index contributed by atoms with van der Waals surface area (Å²) >= 11 is 5.89. The lowest BCUT2D eigenvalue weighted by atomic mass is 9.85. The number of fused-ring (bicyclic) bond motifs is 5. The Kier molecular flexibility index (Phi) is 3.74. The molecule has 0 bridgehead atoms. The fraction of sp³-hybridized carbons (Fsp3) is 0.136. The Hall–Kier alpha value is -3.18. The number of ketones is 2. The molecule has 138 valence electrons. The molecular formula is C22H14ClNO4. The zero-order valence-corrected chi connectivity index (χ0v) is 15.5. The molecule has 0 saturated carbocycles. The largest absolute Gasteiger partial charge is 0.458 e. The average Bonchev–Trinajstić information content (AvgIpc) is 3.11. The van der Waals surface area contributed by atoms with Crippen molar-refractivity contribution in [3.05, 3.63) is 81.6 Å². The second-order valence-corrected chi connectivity index (χ2v) is 7.33. The van der Waals surface area contributed by atoms with Gasteiger partial charge in [0.25, 0.3) is 5.91 Å². The van der Waals surface area contributed by atoms with Crippen LogP contribution in [0, 0.1) is 0 Å². The summed E-state index contributed by atoms with van der Waals surface area (Å²) in [5.74, 6) is -0.163. The average molecular weight is 392 g/mol. The van der Waals surface area contributed by atoms with Gasteiger partial charge in [-0.05, 0) is 30.7 Å². The number of carbonyl (C=O) groups excluding carboxylic acids is 3. The summed E-state index contributed by atoms with van der Waals surface area (Å²) in [5.41, 5.74) is 2.63. The van der Waals surface area contributed by atoms with Crippen LogP contribution in [0.2, 0.25) is 5.02 Å². The minimum atomic E-state index is -0.531. The summed E-state index contributed by atoms with van der Waals surface area (Å²) in [6.07, 6.45) is 0.467. The maximum atomic E-state index is 12.8. The van der Waals surface area contributed by atoms with Crippen molar-refractivity contribution in [3.8, 4) is 11.3 Å². The van der Waals surface area contributed by atoms with Gasteiger partial charge >= 0.3 is 0 Å².